The van der Waals surface area contributed by atoms with Crippen molar-refractivity contribution in [2.75, 3.05) is 0 Å². The Morgan fingerprint density at radius 2 is 2.10 bits per heavy atom. The Morgan fingerprint density at radius 1 is 1.41 bits per heavy atom. The Bertz CT molecular complexity index is 865. The summed E-state index contributed by atoms with van der Waals surface area (Å²) in [5.74, 6) is -1.14. The lowest BCUT2D eigenvalue weighted by Crippen LogP contribution is -2.52. The normalized spacial score (nSPS) is 24.9. The van der Waals surface area contributed by atoms with Crippen LogP contribution in [0, 0.1) is 11.7 Å². The molecule has 0 unspecified atom stereocenters. The Morgan fingerprint density at radius 3 is 2.72 bits per heavy atom. The van der Waals surface area contributed by atoms with Crippen molar-refractivity contribution < 1.29 is 23.5 Å². The molecule has 1 aromatic carbocycles. The van der Waals surface area contributed by atoms with Crippen molar-refractivity contribution in [3.8, 4) is 0 Å². The smallest absolute Gasteiger partial charge is 0.428 e. The van der Waals surface area contributed by atoms with Gasteiger partial charge in [0.2, 0.25) is 5.78 Å². The van der Waals surface area contributed by atoms with E-state index < -0.39 is 23.4 Å². The number of carbonyl (C=O) groups is 3. The number of rotatable bonds is 5. The summed E-state index contributed by atoms with van der Waals surface area (Å²) in [6.45, 7) is 3.12. The fourth-order valence-electron chi connectivity index (χ4n) is 4.04. The number of halogens is 2. The number of nitrogens with one attached hydrogen (secondary N) is 2. The van der Waals surface area contributed by atoms with E-state index in [1.54, 1.807) is 6.07 Å². The third kappa shape index (κ3) is 4.83. The Labute approximate surface area is 176 Å². The second kappa shape index (κ2) is 8.61. The van der Waals surface area contributed by atoms with E-state index in [2.05, 4.69) is 31.8 Å². The van der Waals surface area contributed by atoms with Crippen LogP contribution in [0.2, 0.25) is 0 Å². The number of ketones is 1. The molecule has 1 spiro atoms. The molecule has 1 atom stereocenters. The molecule has 2 aliphatic rings. The minimum atomic E-state index is -0.870. The molecule has 2 amide bonds. The average Bonchev–Trinajstić information content (AvgIpc) is 2.64. The molecule has 1 aromatic rings. The predicted molar refractivity (Wildman–Crippen MR) is 108 cm³/mol. The third-order valence-electron chi connectivity index (χ3n) is 5.46. The van der Waals surface area contributed by atoms with Crippen molar-refractivity contribution in [2.45, 2.75) is 57.6 Å². The van der Waals surface area contributed by atoms with E-state index in [0.717, 1.165) is 19.3 Å². The van der Waals surface area contributed by atoms with E-state index in [4.69, 9.17) is 4.74 Å². The lowest BCUT2D eigenvalue weighted by molar-refractivity contribution is -0.137. The predicted octanol–water partition coefficient (Wildman–Crippen LogP) is 3.44. The van der Waals surface area contributed by atoms with Gasteiger partial charge in [0.15, 0.2) is 5.60 Å². The summed E-state index contributed by atoms with van der Waals surface area (Å²) < 4.78 is 19.7. The van der Waals surface area contributed by atoms with Gasteiger partial charge in [-0.3, -0.25) is 9.59 Å². The lowest BCUT2D eigenvalue weighted by Gasteiger charge is -2.42. The summed E-state index contributed by atoms with van der Waals surface area (Å²) >= 11 is 3.37. The van der Waals surface area contributed by atoms with Gasteiger partial charge < -0.3 is 10.1 Å². The summed E-state index contributed by atoms with van der Waals surface area (Å²) in [7, 11) is 0. The summed E-state index contributed by atoms with van der Waals surface area (Å²) in [5, 5.41) is 6.94. The van der Waals surface area contributed by atoms with Crippen molar-refractivity contribution in [3.63, 3.8) is 0 Å². The molecule has 2 N–H and O–H groups in total. The van der Waals surface area contributed by atoms with Gasteiger partial charge in [0.1, 0.15) is 11.5 Å². The van der Waals surface area contributed by atoms with Crippen LogP contribution in [-0.4, -0.2) is 35.1 Å². The highest BCUT2D eigenvalue weighted by atomic mass is 79.9. The number of hydrogen-bond acceptors (Lipinski definition) is 5. The molecule has 9 heteroatoms. The number of amides is 2. The first-order valence-corrected chi connectivity index (χ1v) is 10.3. The van der Waals surface area contributed by atoms with Crippen LogP contribution in [0.5, 0.6) is 0 Å². The highest BCUT2D eigenvalue weighted by molar-refractivity contribution is 9.10. The molecule has 1 aliphatic carbocycles. The van der Waals surface area contributed by atoms with E-state index in [-0.39, 0.29) is 11.9 Å². The summed E-state index contributed by atoms with van der Waals surface area (Å²) in [5.41, 5.74) is 2.73. The number of hydrogen-bond donors (Lipinski definition) is 2. The fourth-order valence-corrected chi connectivity index (χ4v) is 4.58. The fraction of sp³-hybridized carbons (Fsp3) is 0.500. The third-order valence-corrected chi connectivity index (χ3v) is 6.12. The van der Waals surface area contributed by atoms with E-state index in [1.165, 1.54) is 19.1 Å². The van der Waals surface area contributed by atoms with Gasteiger partial charge in [-0.25, -0.2) is 14.6 Å². The maximum Gasteiger partial charge on any atom is 0.428 e. The van der Waals surface area contributed by atoms with E-state index >= 15 is 0 Å². The second-order valence-corrected chi connectivity index (χ2v) is 8.54. The Balaban J connectivity index is 1.72. The topological polar surface area (TPSA) is 96.9 Å². The van der Waals surface area contributed by atoms with Crippen molar-refractivity contribution in [2.24, 2.45) is 11.0 Å². The van der Waals surface area contributed by atoms with Crippen LogP contribution in [-0.2, 0) is 14.3 Å². The first-order valence-electron chi connectivity index (χ1n) is 9.54. The number of nitrogens with zero attached hydrogens (tertiary/aromatic N) is 1. The quantitative estimate of drug-likeness (QED) is 0.648. The van der Waals surface area contributed by atoms with Crippen LogP contribution in [0.3, 0.4) is 0 Å². The first-order chi connectivity index (χ1) is 13.7. The maximum atomic E-state index is 13.5. The van der Waals surface area contributed by atoms with Gasteiger partial charge in [-0.2, -0.15) is 5.10 Å². The standard InChI is InChI=1S/C20H23BrFN3O4/c1-11(23-18(27)12(2)26)9-13-5-7-20(8-6-13)17(24-25-19(28)29-20)15-4-3-14(22)10-16(15)21/h3-4,10-11,13H,5-9H2,1-2H3,(H,23,27)(H,25,28)/t11-,13?,20?/m0/s1. The molecule has 0 saturated heterocycles. The number of benzene rings is 1. The van der Waals surface area contributed by atoms with Crippen molar-refractivity contribution in [1.82, 2.24) is 10.7 Å². The molecular weight excluding hydrogens is 445 g/mol. The molecule has 0 bridgehead atoms. The molecule has 7 nitrogen and oxygen atoms in total. The van der Waals surface area contributed by atoms with Gasteiger partial charge in [-0.1, -0.05) is 15.9 Å². The van der Waals surface area contributed by atoms with Crippen LogP contribution >= 0.6 is 15.9 Å². The van der Waals surface area contributed by atoms with E-state index in [0.29, 0.717) is 34.5 Å². The van der Waals surface area contributed by atoms with Crippen molar-refractivity contribution in [3.05, 3.63) is 34.1 Å². The van der Waals surface area contributed by atoms with Gasteiger partial charge in [0.25, 0.3) is 5.91 Å². The minimum absolute atomic E-state index is 0.125. The van der Waals surface area contributed by atoms with Gasteiger partial charge in [0, 0.05) is 23.0 Å². The molecule has 0 radical (unpaired) electrons. The van der Waals surface area contributed by atoms with Gasteiger partial charge in [0.05, 0.1) is 0 Å². The number of Topliss-reactive ketones (excluding diaryl/α,β-unsaturated/α-hetero) is 1. The molecule has 0 aromatic heterocycles. The molecule has 1 fully saturated rings. The van der Waals surface area contributed by atoms with Gasteiger partial charge in [-0.05, 0) is 63.1 Å². The van der Waals surface area contributed by atoms with Crippen molar-refractivity contribution >= 4 is 39.4 Å². The van der Waals surface area contributed by atoms with Crippen LogP contribution in [0.15, 0.2) is 27.8 Å². The summed E-state index contributed by atoms with van der Waals surface area (Å²) in [6, 6.07) is 4.19. The van der Waals surface area contributed by atoms with Crippen LogP contribution in [0.1, 0.15) is 51.5 Å². The zero-order chi connectivity index (χ0) is 21.2. The molecule has 29 heavy (non-hydrogen) atoms. The maximum absolute atomic E-state index is 13.5. The Kier molecular flexibility index (Phi) is 6.36. The van der Waals surface area contributed by atoms with Gasteiger partial charge in [-0.15, -0.1) is 0 Å². The van der Waals surface area contributed by atoms with Crippen LogP contribution < -0.4 is 10.7 Å². The first kappa shape index (κ1) is 21.4. The zero-order valence-corrected chi connectivity index (χ0v) is 17.8. The SMILES string of the molecule is CC(=O)C(=O)N[C@@H](C)CC1CCC2(CC1)OC(=O)NN=C2c1ccc(F)cc1Br. The molecule has 1 saturated carbocycles. The zero-order valence-electron chi connectivity index (χ0n) is 16.3. The molecular formula is C20H23BrFN3O4. The van der Waals surface area contributed by atoms with E-state index in [1.807, 2.05) is 6.92 Å². The highest BCUT2D eigenvalue weighted by Crippen LogP contribution is 2.41. The van der Waals surface area contributed by atoms with Crippen LogP contribution in [0.25, 0.3) is 0 Å². The molecule has 3 rings (SSSR count). The monoisotopic (exact) mass is 467 g/mol. The number of hydrazone groups is 1. The Hall–Kier alpha value is -2.29. The lowest BCUT2D eigenvalue weighted by atomic mass is 9.73. The number of ether oxygens (including phenoxy) is 1. The number of carbonyl (C=O) groups excluding carboxylic acids is 3. The average molecular weight is 468 g/mol. The van der Waals surface area contributed by atoms with E-state index in [9.17, 15) is 18.8 Å². The van der Waals surface area contributed by atoms with Gasteiger partial charge >= 0.3 is 6.09 Å². The largest absolute Gasteiger partial charge is 0.435 e. The molecule has 1 aliphatic heterocycles. The summed E-state index contributed by atoms with van der Waals surface area (Å²) in [4.78, 5) is 34.6. The minimum Gasteiger partial charge on any atom is -0.435 e. The highest BCUT2D eigenvalue weighted by Gasteiger charge is 2.46. The molecule has 156 valence electrons. The van der Waals surface area contributed by atoms with Crippen LogP contribution in [0.4, 0.5) is 9.18 Å². The van der Waals surface area contributed by atoms with Crippen molar-refractivity contribution in [1.29, 1.82) is 0 Å². The summed E-state index contributed by atoms with van der Waals surface area (Å²) in [6.07, 6.45) is 2.81. The molecule has 1 heterocycles. The second-order valence-electron chi connectivity index (χ2n) is 7.69.